The number of esters is 1. The molecule has 4 rings (SSSR count). The molecular formula is C34H38O3P+. The lowest BCUT2D eigenvalue weighted by Gasteiger charge is -2.28. The van der Waals surface area contributed by atoms with E-state index in [0.29, 0.717) is 24.5 Å². The van der Waals surface area contributed by atoms with Crippen molar-refractivity contribution in [3.8, 4) is 5.75 Å². The van der Waals surface area contributed by atoms with Crippen LogP contribution in [0.25, 0.3) is 0 Å². The quantitative estimate of drug-likeness (QED) is 0.104. The second kappa shape index (κ2) is 13.9. The summed E-state index contributed by atoms with van der Waals surface area (Å²) >= 11 is 0. The van der Waals surface area contributed by atoms with Gasteiger partial charge in [-0.25, -0.2) is 4.79 Å². The van der Waals surface area contributed by atoms with Gasteiger partial charge in [0.05, 0.1) is 19.4 Å². The number of carbonyl (C=O) groups is 1. The fourth-order valence-electron chi connectivity index (χ4n) is 4.71. The first-order chi connectivity index (χ1) is 18.7. The molecule has 0 bridgehead atoms. The zero-order valence-corrected chi connectivity index (χ0v) is 23.4. The largest absolute Gasteiger partial charge is 0.493 e. The third-order valence-electron chi connectivity index (χ3n) is 6.76. The maximum absolute atomic E-state index is 12.9. The van der Waals surface area contributed by atoms with Crippen LogP contribution in [-0.2, 0) is 10.9 Å². The summed E-state index contributed by atoms with van der Waals surface area (Å²) in [5.41, 5.74) is 1.65. The lowest BCUT2D eigenvalue weighted by Crippen LogP contribution is -2.32. The normalized spacial score (nSPS) is 11.2. The Labute approximate surface area is 228 Å². The summed E-state index contributed by atoms with van der Waals surface area (Å²) in [4.78, 5) is 12.9. The average Bonchev–Trinajstić information content (AvgIpc) is 2.97. The van der Waals surface area contributed by atoms with E-state index < -0.39 is 7.26 Å². The number of rotatable bonds is 13. The Morgan fingerprint density at radius 2 is 1.16 bits per heavy atom. The second-order valence-electron chi connectivity index (χ2n) is 9.50. The van der Waals surface area contributed by atoms with Gasteiger partial charge >= 0.3 is 5.97 Å². The van der Waals surface area contributed by atoms with E-state index in [1.54, 1.807) is 0 Å². The summed E-state index contributed by atoms with van der Waals surface area (Å²) in [6.07, 6.45) is 4.62. The molecule has 4 heteroatoms. The van der Waals surface area contributed by atoms with Crippen molar-refractivity contribution in [1.82, 2.24) is 0 Å². The highest BCUT2D eigenvalue weighted by Crippen LogP contribution is 2.58. The molecule has 0 N–H and O–H groups in total. The molecule has 0 aromatic heterocycles. The van der Waals surface area contributed by atoms with Gasteiger partial charge in [-0.3, -0.25) is 0 Å². The molecule has 0 saturated heterocycles. The number of unbranched alkanes of at least 4 members (excludes halogenated alkanes) is 2. The molecule has 0 aliphatic rings. The molecule has 38 heavy (non-hydrogen) atoms. The summed E-state index contributed by atoms with van der Waals surface area (Å²) in [5.74, 6) is 0.302. The van der Waals surface area contributed by atoms with Crippen molar-refractivity contribution in [1.29, 1.82) is 0 Å². The Balaban J connectivity index is 1.82. The molecule has 196 valence electrons. The number of hydrogen-bond donors (Lipinski definition) is 0. The van der Waals surface area contributed by atoms with Crippen molar-refractivity contribution in [3.05, 3.63) is 120 Å². The van der Waals surface area contributed by atoms with Crippen molar-refractivity contribution in [2.45, 2.75) is 45.7 Å². The maximum atomic E-state index is 12.9. The van der Waals surface area contributed by atoms with Gasteiger partial charge in [-0.15, -0.1) is 0 Å². The van der Waals surface area contributed by atoms with Crippen LogP contribution in [0.3, 0.4) is 0 Å². The molecule has 0 aliphatic heterocycles. The van der Waals surface area contributed by atoms with Gasteiger partial charge in [0, 0.05) is 0 Å². The van der Waals surface area contributed by atoms with E-state index >= 15 is 0 Å². The van der Waals surface area contributed by atoms with E-state index in [9.17, 15) is 4.79 Å². The van der Waals surface area contributed by atoms with Crippen LogP contribution in [0.5, 0.6) is 5.75 Å². The van der Waals surface area contributed by atoms with Crippen LogP contribution in [0.2, 0.25) is 0 Å². The minimum Gasteiger partial charge on any atom is -0.493 e. The smallest absolute Gasteiger partial charge is 0.341 e. The second-order valence-corrected chi connectivity index (χ2v) is 13.0. The number of benzene rings is 4. The Morgan fingerprint density at radius 3 is 1.66 bits per heavy atom. The molecule has 0 saturated carbocycles. The van der Waals surface area contributed by atoms with Crippen molar-refractivity contribution in [3.63, 3.8) is 0 Å². The molecule has 4 aromatic rings. The first kappa shape index (κ1) is 27.6. The van der Waals surface area contributed by atoms with Crippen molar-refractivity contribution in [2.75, 3.05) is 13.2 Å². The minimum absolute atomic E-state index is 0.313. The zero-order chi connectivity index (χ0) is 26.6. The lowest BCUT2D eigenvalue weighted by atomic mass is 10.1. The summed E-state index contributed by atoms with van der Waals surface area (Å²) in [7, 11) is -2.06. The number of carbonyl (C=O) groups excluding carboxylic acids is 1. The molecule has 3 nitrogen and oxygen atoms in total. The number of ether oxygens (including phenoxy) is 2. The molecule has 0 heterocycles. The first-order valence-corrected chi connectivity index (χ1v) is 15.6. The maximum Gasteiger partial charge on any atom is 0.341 e. The molecule has 0 spiro atoms. The van der Waals surface area contributed by atoms with Gasteiger partial charge < -0.3 is 9.47 Å². The van der Waals surface area contributed by atoms with Crippen LogP contribution >= 0.6 is 7.26 Å². The van der Waals surface area contributed by atoms with Crippen LogP contribution in [0, 0.1) is 0 Å². The standard InChI is InChI=1S/C34H38O3P/c1-3-5-24-36-33-26-28(22-23-32(33)34(35)37-25-6-4-2)27-38(29-16-10-7-11-17-29,30-18-12-8-13-19-30)31-20-14-9-15-21-31/h7-23,26H,3-6,24-25,27H2,1-2H3/q+1. The predicted molar refractivity (Wildman–Crippen MR) is 161 cm³/mol. The van der Waals surface area contributed by atoms with Crippen molar-refractivity contribution < 1.29 is 14.3 Å². The van der Waals surface area contributed by atoms with E-state index in [1.807, 2.05) is 6.07 Å². The summed E-state index contributed by atoms with van der Waals surface area (Å²) in [6.45, 7) is 5.23. The van der Waals surface area contributed by atoms with Gasteiger partial charge in [0.25, 0.3) is 0 Å². The van der Waals surface area contributed by atoms with Gasteiger partial charge in [-0.1, -0.05) is 87.4 Å². The first-order valence-electron chi connectivity index (χ1n) is 13.7. The van der Waals surface area contributed by atoms with E-state index in [4.69, 9.17) is 9.47 Å². The third-order valence-corrected chi connectivity index (χ3v) is 11.1. The minimum atomic E-state index is -2.06. The van der Waals surface area contributed by atoms with Gasteiger partial charge in [0.15, 0.2) is 0 Å². The Hall–Kier alpha value is -3.42. The highest BCUT2D eigenvalue weighted by atomic mass is 31.2. The molecular weight excluding hydrogens is 487 g/mol. The number of hydrogen-bond acceptors (Lipinski definition) is 3. The highest BCUT2D eigenvalue weighted by Gasteiger charge is 2.45. The van der Waals surface area contributed by atoms with Crippen LogP contribution in [0.4, 0.5) is 0 Å². The fourth-order valence-corrected chi connectivity index (χ4v) is 8.94. The van der Waals surface area contributed by atoms with Crippen LogP contribution in [0.15, 0.2) is 109 Å². The monoisotopic (exact) mass is 525 g/mol. The fraction of sp³-hybridized carbons (Fsp3) is 0.265. The molecule has 0 radical (unpaired) electrons. The molecule has 0 unspecified atom stereocenters. The van der Waals surface area contributed by atoms with Gasteiger partial charge in [0.2, 0.25) is 0 Å². The van der Waals surface area contributed by atoms with Gasteiger partial charge in [-0.2, -0.15) is 0 Å². The molecule has 0 aliphatic carbocycles. The Morgan fingerprint density at radius 1 is 0.658 bits per heavy atom. The summed E-state index contributed by atoms with van der Waals surface area (Å²) in [5, 5.41) is 3.98. The lowest BCUT2D eigenvalue weighted by molar-refractivity contribution is 0.0495. The topological polar surface area (TPSA) is 35.5 Å². The van der Waals surface area contributed by atoms with E-state index in [1.165, 1.54) is 15.9 Å². The average molecular weight is 526 g/mol. The van der Waals surface area contributed by atoms with Crippen molar-refractivity contribution >= 4 is 29.1 Å². The molecule has 0 amide bonds. The van der Waals surface area contributed by atoms with E-state index in [0.717, 1.165) is 37.4 Å². The molecule has 4 aromatic carbocycles. The molecule has 0 fully saturated rings. The van der Waals surface area contributed by atoms with Crippen LogP contribution in [-0.4, -0.2) is 19.2 Å². The summed E-state index contributed by atoms with van der Waals surface area (Å²) in [6, 6.07) is 38.6. The zero-order valence-electron chi connectivity index (χ0n) is 22.5. The Kier molecular flexibility index (Phi) is 10.1. The van der Waals surface area contributed by atoms with E-state index in [2.05, 4.69) is 117 Å². The van der Waals surface area contributed by atoms with Gasteiger partial charge in [-0.05, 0) is 66.9 Å². The highest BCUT2D eigenvalue weighted by molar-refractivity contribution is 7.95. The van der Waals surface area contributed by atoms with E-state index in [-0.39, 0.29) is 5.97 Å². The van der Waals surface area contributed by atoms with Crippen LogP contribution in [0.1, 0.15) is 55.5 Å². The van der Waals surface area contributed by atoms with Crippen LogP contribution < -0.4 is 20.7 Å². The molecule has 0 atom stereocenters. The predicted octanol–water partition coefficient (Wildman–Crippen LogP) is 7.32. The summed E-state index contributed by atoms with van der Waals surface area (Å²) < 4.78 is 11.7. The van der Waals surface area contributed by atoms with Crippen molar-refractivity contribution in [2.24, 2.45) is 0 Å². The SMILES string of the molecule is CCCCOC(=O)c1ccc(C[P+](c2ccccc2)(c2ccccc2)c2ccccc2)cc1OCCCC. The Bertz CT molecular complexity index is 1180. The van der Waals surface area contributed by atoms with Gasteiger partial charge in [0.1, 0.15) is 34.5 Å². The third kappa shape index (κ3) is 6.52.